The van der Waals surface area contributed by atoms with Gasteiger partial charge in [0.15, 0.2) is 0 Å². The predicted molar refractivity (Wildman–Crippen MR) is 115 cm³/mol. The molecule has 0 saturated heterocycles. The number of hydrogen-bond acceptors (Lipinski definition) is 5. The summed E-state index contributed by atoms with van der Waals surface area (Å²) in [6.07, 6.45) is 3.71. The molecule has 0 spiro atoms. The molecule has 2 aromatic carbocycles. The number of hydrogen-bond donors (Lipinski definition) is 2. The van der Waals surface area contributed by atoms with E-state index in [1.54, 1.807) is 0 Å². The van der Waals surface area contributed by atoms with Gasteiger partial charge in [-0.05, 0) is 37.2 Å². The lowest BCUT2D eigenvalue weighted by Crippen LogP contribution is -2.16. The van der Waals surface area contributed by atoms with E-state index in [9.17, 15) is 8.42 Å². The largest absolute Gasteiger partial charge is 0.476 e. The van der Waals surface area contributed by atoms with Gasteiger partial charge < -0.3 is 10.1 Å². The molecule has 29 heavy (non-hydrogen) atoms. The minimum Gasteiger partial charge on any atom is -0.476 e. The van der Waals surface area contributed by atoms with Crippen LogP contribution in [0.4, 0.5) is 0 Å². The van der Waals surface area contributed by atoms with Crippen molar-refractivity contribution in [2.45, 2.75) is 13.3 Å². The van der Waals surface area contributed by atoms with E-state index in [2.05, 4.69) is 29.5 Å². The van der Waals surface area contributed by atoms with Crippen LogP contribution in [-0.2, 0) is 10.1 Å². The Hall–Kier alpha value is -2.68. The van der Waals surface area contributed by atoms with Crippen LogP contribution in [0.2, 0.25) is 0 Å². The lowest BCUT2D eigenvalue weighted by Gasteiger charge is -2.06. The summed E-state index contributed by atoms with van der Waals surface area (Å²) in [5.41, 5.74) is 3.15. The third-order valence-electron chi connectivity index (χ3n) is 3.77. The first-order valence-electron chi connectivity index (χ1n) is 9.35. The van der Waals surface area contributed by atoms with Crippen LogP contribution in [0.25, 0.3) is 16.8 Å². The SMILES string of the molecule is CCNCCCOc1nn(-c2ccccc2)cc1-c1ccccc1.CS(=O)(=O)O. The molecule has 0 amide bonds. The Morgan fingerprint density at radius 2 is 1.66 bits per heavy atom. The second-order valence-electron chi connectivity index (χ2n) is 6.28. The van der Waals surface area contributed by atoms with E-state index < -0.39 is 10.1 Å². The molecule has 2 N–H and O–H groups in total. The highest BCUT2D eigenvalue weighted by atomic mass is 32.2. The third-order valence-corrected chi connectivity index (χ3v) is 3.77. The van der Waals surface area contributed by atoms with E-state index in [0.29, 0.717) is 18.7 Å². The summed E-state index contributed by atoms with van der Waals surface area (Å²) in [5, 5.41) is 7.95. The molecule has 3 rings (SSSR count). The maximum Gasteiger partial charge on any atom is 0.261 e. The van der Waals surface area contributed by atoms with Crippen LogP contribution in [0.1, 0.15) is 13.3 Å². The summed E-state index contributed by atoms with van der Waals surface area (Å²) >= 11 is 0. The third kappa shape index (κ3) is 8.47. The average molecular weight is 418 g/mol. The summed E-state index contributed by atoms with van der Waals surface area (Å²) in [5.74, 6) is 0.682. The highest BCUT2D eigenvalue weighted by molar-refractivity contribution is 7.85. The van der Waals surface area contributed by atoms with E-state index in [-0.39, 0.29) is 0 Å². The fourth-order valence-electron chi connectivity index (χ4n) is 2.54. The summed E-state index contributed by atoms with van der Waals surface area (Å²) < 4.78 is 33.7. The minimum atomic E-state index is -3.67. The average Bonchev–Trinajstić information content (AvgIpc) is 3.12. The van der Waals surface area contributed by atoms with Crippen LogP contribution in [0.15, 0.2) is 66.9 Å². The standard InChI is InChI=1S/C20H23N3O.CH4O3S/c1-2-21-14-9-15-24-20-19(17-10-5-3-6-11-17)16-23(22-20)18-12-7-4-8-13-18;1-5(2,3)4/h3-8,10-13,16,21H,2,9,14-15H2,1H3;1H3,(H,2,3,4). The van der Waals surface area contributed by atoms with Crippen LogP contribution in [0, 0.1) is 0 Å². The Labute approximate surface area is 172 Å². The van der Waals surface area contributed by atoms with E-state index in [0.717, 1.165) is 36.3 Å². The number of nitrogens with zero attached hydrogens (tertiary/aromatic N) is 2. The first-order chi connectivity index (χ1) is 13.9. The van der Waals surface area contributed by atoms with Gasteiger partial charge in [-0.3, -0.25) is 4.55 Å². The Balaban J connectivity index is 0.000000537. The topological polar surface area (TPSA) is 93.5 Å². The van der Waals surface area contributed by atoms with Gasteiger partial charge >= 0.3 is 0 Å². The molecule has 3 aromatic rings. The zero-order valence-corrected chi connectivity index (χ0v) is 17.5. The highest BCUT2D eigenvalue weighted by Crippen LogP contribution is 2.30. The fourth-order valence-corrected chi connectivity index (χ4v) is 2.54. The van der Waals surface area contributed by atoms with Gasteiger partial charge in [-0.2, -0.15) is 8.42 Å². The van der Waals surface area contributed by atoms with Gasteiger partial charge in [-0.25, -0.2) is 4.68 Å². The van der Waals surface area contributed by atoms with Crippen molar-refractivity contribution in [1.29, 1.82) is 0 Å². The minimum absolute atomic E-state index is 0.651. The Morgan fingerprint density at radius 3 is 2.24 bits per heavy atom. The summed E-state index contributed by atoms with van der Waals surface area (Å²) in [7, 11) is -3.67. The van der Waals surface area contributed by atoms with Crippen molar-refractivity contribution in [3.05, 3.63) is 66.9 Å². The molecule has 0 bridgehead atoms. The van der Waals surface area contributed by atoms with Crippen LogP contribution in [0.5, 0.6) is 5.88 Å². The summed E-state index contributed by atoms with van der Waals surface area (Å²) in [6.45, 7) is 4.70. The van der Waals surface area contributed by atoms with Gasteiger partial charge in [-0.15, -0.1) is 5.10 Å². The van der Waals surface area contributed by atoms with Gasteiger partial charge in [-0.1, -0.05) is 55.5 Å². The van der Waals surface area contributed by atoms with Crippen LogP contribution < -0.4 is 10.1 Å². The van der Waals surface area contributed by atoms with Crippen LogP contribution in [0.3, 0.4) is 0 Å². The predicted octanol–water partition coefficient (Wildman–Crippen LogP) is 3.42. The molecular weight excluding hydrogens is 390 g/mol. The molecule has 0 radical (unpaired) electrons. The Kier molecular flexibility index (Phi) is 8.85. The summed E-state index contributed by atoms with van der Waals surface area (Å²) in [4.78, 5) is 0. The molecule has 8 heteroatoms. The first-order valence-corrected chi connectivity index (χ1v) is 11.2. The molecule has 0 unspecified atom stereocenters. The molecule has 0 fully saturated rings. The highest BCUT2D eigenvalue weighted by Gasteiger charge is 2.13. The molecular formula is C21H27N3O4S. The molecule has 0 atom stereocenters. The van der Waals surface area contributed by atoms with Gasteiger partial charge in [0.2, 0.25) is 5.88 Å². The van der Waals surface area contributed by atoms with Crippen molar-refractivity contribution in [3.8, 4) is 22.7 Å². The van der Waals surface area contributed by atoms with Crippen LogP contribution in [-0.4, -0.2) is 48.7 Å². The zero-order chi connectivity index (χ0) is 21.1. The number of benzene rings is 2. The quantitative estimate of drug-likeness (QED) is 0.431. The van der Waals surface area contributed by atoms with E-state index in [1.807, 2.05) is 59.4 Å². The van der Waals surface area contributed by atoms with Crippen LogP contribution >= 0.6 is 0 Å². The number of ether oxygens (including phenoxy) is 1. The maximum atomic E-state index is 9.19. The molecule has 7 nitrogen and oxygen atoms in total. The number of rotatable bonds is 8. The van der Waals surface area contributed by atoms with Crippen molar-refractivity contribution in [2.24, 2.45) is 0 Å². The molecule has 1 heterocycles. The van der Waals surface area contributed by atoms with Gasteiger partial charge in [0.25, 0.3) is 10.1 Å². The molecule has 0 aliphatic rings. The molecule has 0 aliphatic carbocycles. The van der Waals surface area contributed by atoms with E-state index >= 15 is 0 Å². The van der Waals surface area contributed by atoms with E-state index in [4.69, 9.17) is 9.29 Å². The molecule has 0 aliphatic heterocycles. The van der Waals surface area contributed by atoms with Crippen molar-refractivity contribution >= 4 is 10.1 Å². The molecule has 156 valence electrons. The maximum absolute atomic E-state index is 9.19. The molecule has 0 saturated carbocycles. The second kappa shape index (κ2) is 11.4. The second-order valence-corrected chi connectivity index (χ2v) is 7.75. The zero-order valence-electron chi connectivity index (χ0n) is 16.7. The Morgan fingerprint density at radius 1 is 1.07 bits per heavy atom. The van der Waals surface area contributed by atoms with E-state index in [1.165, 1.54) is 0 Å². The smallest absolute Gasteiger partial charge is 0.261 e. The molecule has 1 aromatic heterocycles. The van der Waals surface area contributed by atoms with Crippen molar-refractivity contribution in [3.63, 3.8) is 0 Å². The number of aromatic nitrogens is 2. The lowest BCUT2D eigenvalue weighted by molar-refractivity contribution is 0.296. The van der Waals surface area contributed by atoms with Gasteiger partial charge in [0.05, 0.1) is 24.1 Å². The fraction of sp³-hybridized carbons (Fsp3) is 0.286. The summed E-state index contributed by atoms with van der Waals surface area (Å²) in [6, 6.07) is 20.3. The van der Waals surface area contributed by atoms with Crippen molar-refractivity contribution in [1.82, 2.24) is 15.1 Å². The van der Waals surface area contributed by atoms with Crippen molar-refractivity contribution < 1.29 is 17.7 Å². The monoisotopic (exact) mass is 417 g/mol. The van der Waals surface area contributed by atoms with Gasteiger partial charge in [0.1, 0.15) is 0 Å². The van der Waals surface area contributed by atoms with Gasteiger partial charge in [0, 0.05) is 6.20 Å². The van der Waals surface area contributed by atoms with Crippen molar-refractivity contribution in [2.75, 3.05) is 26.0 Å². The normalized spacial score (nSPS) is 10.9. The number of para-hydroxylation sites is 1. The Bertz CT molecular complexity index is 950. The lowest BCUT2D eigenvalue weighted by atomic mass is 10.1. The number of nitrogens with one attached hydrogen (secondary N) is 1. The first kappa shape index (κ1) is 22.6.